The standard InChI is InChI=1S/C35H37N3O7S/c1-4-22(2)31(37-35(43)44-19-24-11-7-5-8-12-24)34(42)36-28(21-46-20-25-13-9-6-10-14-25)33(41)38-32(40)26-15-16-27-23(3)17-30(39)45-29(27)18-26/h5-18,22,28,31H,4,19-21H2,1-3H3,(H,36,42)(H,37,43)(H,38,40,41)/t22-,28-,31-/m0/s1. The van der Waals surface area contributed by atoms with Crippen molar-refractivity contribution in [2.45, 2.75) is 51.6 Å². The molecule has 10 nitrogen and oxygen atoms in total. The van der Waals surface area contributed by atoms with E-state index in [1.54, 1.807) is 13.0 Å². The minimum absolute atomic E-state index is 0.0303. The average Bonchev–Trinajstić information content (AvgIpc) is 3.05. The Morgan fingerprint density at radius 1 is 0.870 bits per heavy atom. The number of amides is 4. The maximum absolute atomic E-state index is 13.6. The van der Waals surface area contributed by atoms with Crippen LogP contribution in [0, 0.1) is 12.8 Å². The molecule has 0 aliphatic carbocycles. The number of benzene rings is 3. The second-order valence-electron chi connectivity index (χ2n) is 10.9. The van der Waals surface area contributed by atoms with Crippen LogP contribution in [0.15, 0.2) is 94.1 Å². The van der Waals surface area contributed by atoms with E-state index >= 15 is 0 Å². The van der Waals surface area contributed by atoms with Gasteiger partial charge in [-0.25, -0.2) is 9.59 Å². The SMILES string of the molecule is CC[C@H](C)[C@H](NC(=O)OCc1ccccc1)C(=O)N[C@@H](CSCc1ccccc1)C(=O)NC(=O)c1ccc2c(C)cc(=O)oc2c1. The average molecular weight is 644 g/mol. The molecule has 0 bridgehead atoms. The zero-order chi connectivity index (χ0) is 33.1. The summed E-state index contributed by atoms with van der Waals surface area (Å²) in [5, 5.41) is 8.42. The third-order valence-electron chi connectivity index (χ3n) is 7.46. The van der Waals surface area contributed by atoms with Crippen molar-refractivity contribution in [3.8, 4) is 0 Å². The van der Waals surface area contributed by atoms with Crippen molar-refractivity contribution in [3.63, 3.8) is 0 Å². The predicted molar refractivity (Wildman–Crippen MR) is 177 cm³/mol. The van der Waals surface area contributed by atoms with Crippen molar-refractivity contribution in [2.75, 3.05) is 5.75 Å². The highest BCUT2D eigenvalue weighted by molar-refractivity contribution is 7.98. The van der Waals surface area contributed by atoms with Gasteiger partial charge in [-0.3, -0.25) is 19.7 Å². The highest BCUT2D eigenvalue weighted by Crippen LogP contribution is 2.19. The lowest BCUT2D eigenvalue weighted by Gasteiger charge is -2.26. The van der Waals surface area contributed by atoms with Gasteiger partial charge in [-0.2, -0.15) is 11.8 Å². The van der Waals surface area contributed by atoms with Crippen LogP contribution < -0.4 is 21.6 Å². The smallest absolute Gasteiger partial charge is 0.408 e. The molecule has 0 saturated carbocycles. The summed E-state index contributed by atoms with van der Waals surface area (Å²) in [6.45, 7) is 5.48. The molecule has 0 saturated heterocycles. The highest BCUT2D eigenvalue weighted by Gasteiger charge is 2.31. The molecule has 4 aromatic rings. The summed E-state index contributed by atoms with van der Waals surface area (Å²) in [5.41, 5.74) is 2.29. The van der Waals surface area contributed by atoms with E-state index in [0.29, 0.717) is 23.1 Å². The molecule has 4 amide bonds. The molecule has 3 aromatic carbocycles. The van der Waals surface area contributed by atoms with E-state index in [0.717, 1.165) is 11.1 Å². The molecular weight excluding hydrogens is 606 g/mol. The minimum atomic E-state index is -1.11. The van der Waals surface area contributed by atoms with Gasteiger partial charge in [-0.1, -0.05) is 87.0 Å². The van der Waals surface area contributed by atoms with Crippen LogP contribution in [-0.2, 0) is 26.7 Å². The van der Waals surface area contributed by atoms with Gasteiger partial charge >= 0.3 is 11.7 Å². The molecule has 0 spiro atoms. The van der Waals surface area contributed by atoms with Crippen molar-refractivity contribution in [3.05, 3.63) is 118 Å². The van der Waals surface area contributed by atoms with Crippen LogP contribution in [0.3, 0.4) is 0 Å². The molecular formula is C35H37N3O7S. The van der Waals surface area contributed by atoms with Gasteiger partial charge in [-0.05, 0) is 41.7 Å². The summed E-state index contributed by atoms with van der Waals surface area (Å²) < 4.78 is 10.6. The number of hydrogen-bond donors (Lipinski definition) is 3. The number of fused-ring (bicyclic) bond motifs is 1. The van der Waals surface area contributed by atoms with Crippen LogP contribution in [0.4, 0.5) is 4.79 Å². The number of rotatable bonds is 13. The molecule has 0 radical (unpaired) electrons. The second kappa shape index (κ2) is 16.4. The lowest BCUT2D eigenvalue weighted by Crippen LogP contribution is -2.57. The molecule has 240 valence electrons. The molecule has 0 aliphatic rings. The minimum Gasteiger partial charge on any atom is -0.445 e. The first kappa shape index (κ1) is 34.0. The molecule has 1 aromatic heterocycles. The predicted octanol–water partition coefficient (Wildman–Crippen LogP) is 5.12. The Balaban J connectivity index is 1.47. The Bertz CT molecular complexity index is 1730. The molecule has 3 N–H and O–H groups in total. The largest absolute Gasteiger partial charge is 0.445 e. The fourth-order valence-electron chi connectivity index (χ4n) is 4.64. The van der Waals surface area contributed by atoms with Gasteiger partial charge in [-0.15, -0.1) is 0 Å². The summed E-state index contributed by atoms with van der Waals surface area (Å²) in [6, 6.07) is 22.6. The van der Waals surface area contributed by atoms with Crippen LogP contribution in [0.5, 0.6) is 0 Å². The molecule has 11 heteroatoms. The highest BCUT2D eigenvalue weighted by atomic mass is 32.2. The zero-order valence-corrected chi connectivity index (χ0v) is 26.7. The van der Waals surface area contributed by atoms with Crippen LogP contribution in [0.2, 0.25) is 0 Å². The third-order valence-corrected chi connectivity index (χ3v) is 8.57. The Morgan fingerprint density at radius 3 is 2.22 bits per heavy atom. The maximum atomic E-state index is 13.6. The number of aryl methyl sites for hydroxylation is 1. The molecule has 0 unspecified atom stereocenters. The molecule has 3 atom stereocenters. The second-order valence-corrected chi connectivity index (χ2v) is 11.9. The van der Waals surface area contributed by atoms with Crippen LogP contribution >= 0.6 is 11.8 Å². The number of carbonyl (C=O) groups excluding carboxylic acids is 4. The number of carbonyl (C=O) groups is 4. The lowest BCUT2D eigenvalue weighted by molar-refractivity contribution is -0.129. The number of thioether (sulfide) groups is 1. The molecule has 4 rings (SSSR count). The van der Waals surface area contributed by atoms with Crippen molar-refractivity contribution < 1.29 is 28.3 Å². The van der Waals surface area contributed by atoms with E-state index in [9.17, 15) is 24.0 Å². The van der Waals surface area contributed by atoms with Gasteiger partial charge in [0.05, 0.1) is 0 Å². The summed E-state index contributed by atoms with van der Waals surface area (Å²) >= 11 is 1.41. The molecule has 1 heterocycles. The summed E-state index contributed by atoms with van der Waals surface area (Å²) in [5.74, 6) is -1.60. The van der Waals surface area contributed by atoms with Gasteiger partial charge in [0, 0.05) is 28.5 Å². The number of hydrogen-bond acceptors (Lipinski definition) is 8. The summed E-state index contributed by atoms with van der Waals surface area (Å²) in [6.07, 6.45) is -0.204. The number of nitrogens with one attached hydrogen (secondary N) is 3. The molecule has 0 fully saturated rings. The van der Waals surface area contributed by atoms with E-state index < -0.39 is 41.5 Å². The quantitative estimate of drug-likeness (QED) is 0.171. The van der Waals surface area contributed by atoms with Crippen LogP contribution in [-0.4, -0.2) is 41.7 Å². The van der Waals surface area contributed by atoms with E-state index in [-0.39, 0.29) is 29.4 Å². The first-order chi connectivity index (χ1) is 22.1. The maximum Gasteiger partial charge on any atom is 0.408 e. The Kier molecular flexibility index (Phi) is 12.1. The Hall–Kier alpha value is -4.90. The van der Waals surface area contributed by atoms with Gasteiger partial charge in [0.15, 0.2) is 0 Å². The van der Waals surface area contributed by atoms with E-state index in [1.807, 2.05) is 74.5 Å². The summed E-state index contributed by atoms with van der Waals surface area (Å²) in [4.78, 5) is 64.7. The number of ether oxygens (including phenoxy) is 1. The third kappa shape index (κ3) is 9.55. The molecule has 46 heavy (non-hydrogen) atoms. The van der Waals surface area contributed by atoms with Crippen LogP contribution in [0.25, 0.3) is 11.0 Å². The van der Waals surface area contributed by atoms with Crippen molar-refractivity contribution in [1.82, 2.24) is 16.0 Å². The Labute approximate surface area is 271 Å². The summed E-state index contributed by atoms with van der Waals surface area (Å²) in [7, 11) is 0. The van der Waals surface area contributed by atoms with E-state index in [2.05, 4.69) is 16.0 Å². The lowest BCUT2D eigenvalue weighted by atomic mass is 9.98. The van der Waals surface area contributed by atoms with Gasteiger partial charge in [0.1, 0.15) is 24.3 Å². The Morgan fingerprint density at radius 2 is 1.54 bits per heavy atom. The monoisotopic (exact) mass is 643 g/mol. The first-order valence-electron chi connectivity index (χ1n) is 14.9. The first-order valence-corrected chi connectivity index (χ1v) is 16.1. The van der Waals surface area contributed by atoms with Crippen molar-refractivity contribution in [1.29, 1.82) is 0 Å². The van der Waals surface area contributed by atoms with Crippen LogP contribution in [0.1, 0.15) is 47.3 Å². The van der Waals surface area contributed by atoms with Crippen molar-refractivity contribution in [2.24, 2.45) is 5.92 Å². The topological polar surface area (TPSA) is 144 Å². The van der Waals surface area contributed by atoms with Gasteiger partial charge < -0.3 is 19.8 Å². The van der Waals surface area contributed by atoms with Gasteiger partial charge in [0.2, 0.25) is 11.8 Å². The number of alkyl carbamates (subject to hydrolysis) is 1. The van der Waals surface area contributed by atoms with E-state index in [1.165, 1.54) is 30.0 Å². The van der Waals surface area contributed by atoms with Gasteiger partial charge in [0.25, 0.3) is 5.91 Å². The van der Waals surface area contributed by atoms with Crippen molar-refractivity contribution >= 4 is 46.5 Å². The normalized spacial score (nSPS) is 12.8. The zero-order valence-electron chi connectivity index (χ0n) is 25.9. The number of imide groups is 1. The van der Waals surface area contributed by atoms with E-state index in [4.69, 9.17) is 9.15 Å². The fraction of sp³-hybridized carbons (Fsp3) is 0.286. The molecule has 0 aliphatic heterocycles. The fourth-order valence-corrected chi connectivity index (χ4v) is 5.66.